The maximum atomic E-state index is 12.7. The minimum Gasteiger partial charge on any atom is -0.491 e. The van der Waals surface area contributed by atoms with Gasteiger partial charge in [0.2, 0.25) is 0 Å². The minimum absolute atomic E-state index is 0.0459. The number of ether oxygens (including phenoxy) is 1. The zero-order valence-electron chi connectivity index (χ0n) is 15.4. The van der Waals surface area contributed by atoms with Gasteiger partial charge in [0.05, 0.1) is 17.8 Å². The lowest BCUT2D eigenvalue weighted by Crippen LogP contribution is -2.42. The minimum atomic E-state index is -4.44. The summed E-state index contributed by atoms with van der Waals surface area (Å²) < 4.78 is 43.4. The molecule has 1 aromatic carbocycles. The number of aliphatic hydroxyl groups is 1. The van der Waals surface area contributed by atoms with Crippen molar-refractivity contribution >= 4 is 5.96 Å². The van der Waals surface area contributed by atoms with Crippen LogP contribution in [-0.4, -0.2) is 41.9 Å². The SMILES string of the molecule is CCNC(=NCc1ccccn1)NCC(O)COc1cccc(C(F)(F)F)c1. The standard InChI is InChI=1S/C19H23F3N4O2/c1-2-23-18(25-11-15-7-3-4-9-24-15)26-12-16(27)13-28-17-8-5-6-14(10-17)19(20,21)22/h3-10,16,27H,2,11-13H2,1H3,(H2,23,25,26). The van der Waals surface area contributed by atoms with Gasteiger partial charge in [-0.05, 0) is 37.3 Å². The number of guanidine groups is 1. The number of alkyl halides is 3. The summed E-state index contributed by atoms with van der Waals surface area (Å²) in [4.78, 5) is 8.55. The van der Waals surface area contributed by atoms with Crippen LogP contribution in [0.4, 0.5) is 13.2 Å². The van der Waals surface area contributed by atoms with Gasteiger partial charge in [-0.2, -0.15) is 13.2 Å². The molecule has 0 spiro atoms. The van der Waals surface area contributed by atoms with Gasteiger partial charge in [-0.1, -0.05) is 12.1 Å². The maximum absolute atomic E-state index is 12.7. The first-order valence-corrected chi connectivity index (χ1v) is 8.78. The van der Waals surface area contributed by atoms with Gasteiger partial charge in [0.15, 0.2) is 5.96 Å². The van der Waals surface area contributed by atoms with Crippen molar-refractivity contribution in [2.24, 2.45) is 4.99 Å². The number of hydrogen-bond acceptors (Lipinski definition) is 4. The number of pyridine rings is 1. The number of aromatic nitrogens is 1. The van der Waals surface area contributed by atoms with Crippen LogP contribution in [0, 0.1) is 0 Å². The number of nitrogens with one attached hydrogen (secondary N) is 2. The molecule has 0 saturated carbocycles. The van der Waals surface area contributed by atoms with Gasteiger partial charge in [-0.25, -0.2) is 4.99 Å². The fourth-order valence-electron chi connectivity index (χ4n) is 2.22. The first kappa shape index (κ1) is 21.5. The van der Waals surface area contributed by atoms with E-state index in [1.807, 2.05) is 25.1 Å². The Bertz CT molecular complexity index is 754. The Morgan fingerprint density at radius 2 is 2.04 bits per heavy atom. The molecule has 152 valence electrons. The van der Waals surface area contributed by atoms with Gasteiger partial charge < -0.3 is 20.5 Å². The number of hydrogen-bond donors (Lipinski definition) is 3. The molecule has 0 fully saturated rings. The highest BCUT2D eigenvalue weighted by Gasteiger charge is 2.30. The number of rotatable bonds is 8. The molecule has 2 rings (SSSR count). The zero-order valence-corrected chi connectivity index (χ0v) is 15.4. The molecule has 6 nitrogen and oxygen atoms in total. The summed E-state index contributed by atoms with van der Waals surface area (Å²) in [5, 5.41) is 16.0. The molecule has 28 heavy (non-hydrogen) atoms. The summed E-state index contributed by atoms with van der Waals surface area (Å²) in [5.41, 5.74) is 0.00170. The Balaban J connectivity index is 1.83. The van der Waals surface area contributed by atoms with E-state index in [0.717, 1.165) is 17.8 Å². The predicted octanol–water partition coefficient (Wildman–Crippen LogP) is 2.60. The van der Waals surface area contributed by atoms with Gasteiger partial charge in [0, 0.05) is 19.3 Å². The first-order chi connectivity index (χ1) is 13.4. The molecule has 0 bridgehead atoms. The second kappa shape index (κ2) is 10.5. The van der Waals surface area contributed by atoms with Crippen LogP contribution < -0.4 is 15.4 Å². The van der Waals surface area contributed by atoms with Crippen molar-refractivity contribution in [2.45, 2.75) is 25.7 Å². The third-order valence-electron chi connectivity index (χ3n) is 3.58. The van der Waals surface area contributed by atoms with E-state index >= 15 is 0 Å². The highest BCUT2D eigenvalue weighted by molar-refractivity contribution is 5.79. The van der Waals surface area contributed by atoms with Crippen LogP contribution in [0.25, 0.3) is 0 Å². The Morgan fingerprint density at radius 3 is 2.71 bits per heavy atom. The lowest BCUT2D eigenvalue weighted by atomic mass is 10.2. The van der Waals surface area contributed by atoms with Gasteiger partial charge in [-0.15, -0.1) is 0 Å². The number of nitrogens with zero attached hydrogens (tertiary/aromatic N) is 2. The van der Waals surface area contributed by atoms with E-state index in [1.165, 1.54) is 12.1 Å². The van der Waals surface area contributed by atoms with E-state index in [9.17, 15) is 18.3 Å². The molecule has 0 saturated heterocycles. The molecular weight excluding hydrogens is 373 g/mol. The molecule has 2 aromatic rings. The molecule has 1 heterocycles. The lowest BCUT2D eigenvalue weighted by molar-refractivity contribution is -0.137. The van der Waals surface area contributed by atoms with Crippen LogP contribution in [0.2, 0.25) is 0 Å². The Hall–Kier alpha value is -2.81. The Kier molecular flexibility index (Phi) is 8.06. The average Bonchev–Trinajstić information content (AvgIpc) is 2.69. The predicted molar refractivity (Wildman–Crippen MR) is 100 cm³/mol. The zero-order chi connectivity index (χ0) is 20.4. The fraction of sp³-hybridized carbons (Fsp3) is 0.368. The average molecular weight is 396 g/mol. The van der Waals surface area contributed by atoms with Gasteiger partial charge in [-0.3, -0.25) is 4.98 Å². The molecule has 0 aliphatic carbocycles. The fourth-order valence-corrected chi connectivity index (χ4v) is 2.22. The summed E-state index contributed by atoms with van der Waals surface area (Å²) in [6.07, 6.45) is -3.70. The summed E-state index contributed by atoms with van der Waals surface area (Å²) in [6, 6.07) is 10.1. The van der Waals surface area contributed by atoms with Crippen molar-refractivity contribution in [3.05, 3.63) is 59.9 Å². The molecule has 0 aliphatic rings. The smallest absolute Gasteiger partial charge is 0.416 e. The summed E-state index contributed by atoms with van der Waals surface area (Å²) >= 11 is 0. The van der Waals surface area contributed by atoms with Gasteiger partial charge in [0.1, 0.15) is 18.5 Å². The number of benzene rings is 1. The number of aliphatic hydroxyl groups excluding tert-OH is 1. The molecule has 0 radical (unpaired) electrons. The summed E-state index contributed by atoms with van der Waals surface area (Å²) in [5.74, 6) is 0.538. The van der Waals surface area contributed by atoms with Crippen molar-refractivity contribution in [3.63, 3.8) is 0 Å². The quantitative estimate of drug-likeness (QED) is 0.472. The van der Waals surface area contributed by atoms with Crippen molar-refractivity contribution < 1.29 is 23.0 Å². The normalized spacial score (nSPS) is 13.1. The van der Waals surface area contributed by atoms with Crippen LogP contribution in [0.15, 0.2) is 53.7 Å². The van der Waals surface area contributed by atoms with Crippen LogP contribution in [-0.2, 0) is 12.7 Å². The molecule has 0 aliphatic heterocycles. The second-order valence-corrected chi connectivity index (χ2v) is 5.89. The van der Waals surface area contributed by atoms with Crippen LogP contribution in [0.5, 0.6) is 5.75 Å². The van der Waals surface area contributed by atoms with E-state index < -0.39 is 17.8 Å². The second-order valence-electron chi connectivity index (χ2n) is 5.89. The molecule has 1 atom stereocenters. The van der Waals surface area contributed by atoms with Crippen molar-refractivity contribution in [1.29, 1.82) is 0 Å². The van der Waals surface area contributed by atoms with E-state index in [-0.39, 0.29) is 18.9 Å². The van der Waals surface area contributed by atoms with E-state index in [0.29, 0.717) is 19.0 Å². The Morgan fingerprint density at radius 1 is 1.21 bits per heavy atom. The molecule has 1 unspecified atom stereocenters. The van der Waals surface area contributed by atoms with E-state index in [2.05, 4.69) is 20.6 Å². The van der Waals surface area contributed by atoms with Gasteiger partial charge >= 0.3 is 6.18 Å². The summed E-state index contributed by atoms with van der Waals surface area (Å²) in [7, 11) is 0. The molecule has 1 aromatic heterocycles. The van der Waals surface area contributed by atoms with Crippen LogP contribution in [0.1, 0.15) is 18.2 Å². The van der Waals surface area contributed by atoms with E-state index in [1.54, 1.807) is 6.20 Å². The molecule has 9 heteroatoms. The number of aliphatic imine (C=N–C) groups is 1. The monoisotopic (exact) mass is 396 g/mol. The largest absolute Gasteiger partial charge is 0.491 e. The first-order valence-electron chi connectivity index (χ1n) is 8.78. The third-order valence-corrected chi connectivity index (χ3v) is 3.58. The van der Waals surface area contributed by atoms with Crippen molar-refractivity contribution in [2.75, 3.05) is 19.7 Å². The van der Waals surface area contributed by atoms with E-state index in [4.69, 9.17) is 4.74 Å². The number of halogens is 3. The van der Waals surface area contributed by atoms with Crippen molar-refractivity contribution in [3.8, 4) is 5.75 Å². The highest BCUT2D eigenvalue weighted by atomic mass is 19.4. The van der Waals surface area contributed by atoms with Crippen molar-refractivity contribution in [1.82, 2.24) is 15.6 Å². The van der Waals surface area contributed by atoms with Crippen LogP contribution in [0.3, 0.4) is 0 Å². The Labute approximate surface area is 161 Å². The third kappa shape index (κ3) is 7.43. The summed E-state index contributed by atoms with van der Waals surface area (Å²) in [6.45, 7) is 2.87. The topological polar surface area (TPSA) is 78.8 Å². The lowest BCUT2D eigenvalue weighted by Gasteiger charge is -2.16. The van der Waals surface area contributed by atoms with Gasteiger partial charge in [0.25, 0.3) is 0 Å². The highest BCUT2D eigenvalue weighted by Crippen LogP contribution is 2.31. The molecule has 0 amide bonds. The molecule has 3 N–H and O–H groups in total. The molecular formula is C19H23F3N4O2. The van der Waals surface area contributed by atoms with Crippen LogP contribution >= 0.6 is 0 Å². The maximum Gasteiger partial charge on any atom is 0.416 e.